The highest BCUT2D eigenvalue weighted by Gasteiger charge is 2.17. The second kappa shape index (κ2) is 9.09. The van der Waals surface area contributed by atoms with Gasteiger partial charge < -0.3 is 15.4 Å². The Bertz CT molecular complexity index is 548. The quantitative estimate of drug-likeness (QED) is 0.582. The number of carbonyl (C=O) groups is 3. The van der Waals surface area contributed by atoms with Crippen molar-refractivity contribution in [2.75, 3.05) is 19.4 Å². The van der Waals surface area contributed by atoms with Crippen molar-refractivity contribution in [3.8, 4) is 0 Å². The molecule has 0 aromatic heterocycles. The van der Waals surface area contributed by atoms with Gasteiger partial charge in [-0.15, -0.1) is 11.8 Å². The third-order valence-corrected chi connectivity index (χ3v) is 3.58. The SMILES string of the molecule is CCNC(=O)[C@@H](C)NC(=O)COC(=O)c1ccccc1SC. The van der Waals surface area contributed by atoms with Gasteiger partial charge in [-0.05, 0) is 32.2 Å². The van der Waals surface area contributed by atoms with Crippen molar-refractivity contribution >= 4 is 29.5 Å². The van der Waals surface area contributed by atoms with Crippen LogP contribution < -0.4 is 10.6 Å². The molecule has 0 unspecified atom stereocenters. The molecule has 0 spiro atoms. The smallest absolute Gasteiger partial charge is 0.339 e. The highest BCUT2D eigenvalue weighted by atomic mass is 32.2. The fourth-order valence-electron chi connectivity index (χ4n) is 1.70. The molecule has 1 atom stereocenters. The van der Waals surface area contributed by atoms with Gasteiger partial charge in [-0.25, -0.2) is 4.79 Å². The monoisotopic (exact) mass is 324 g/mol. The van der Waals surface area contributed by atoms with E-state index in [0.717, 1.165) is 4.90 Å². The van der Waals surface area contributed by atoms with E-state index in [0.29, 0.717) is 12.1 Å². The maximum Gasteiger partial charge on any atom is 0.339 e. The standard InChI is InChI=1S/C15H20N2O4S/c1-4-16-14(19)10(2)17-13(18)9-21-15(20)11-7-5-6-8-12(11)22-3/h5-8,10H,4,9H2,1-3H3,(H,16,19)(H,17,18)/t10-/m1/s1. The zero-order valence-corrected chi connectivity index (χ0v) is 13.7. The summed E-state index contributed by atoms with van der Waals surface area (Å²) < 4.78 is 4.98. The zero-order chi connectivity index (χ0) is 16.5. The molecule has 2 amide bonds. The molecule has 0 heterocycles. The van der Waals surface area contributed by atoms with Crippen molar-refractivity contribution in [1.29, 1.82) is 0 Å². The molecule has 0 saturated heterocycles. The molecule has 0 fully saturated rings. The molecule has 0 aliphatic carbocycles. The summed E-state index contributed by atoms with van der Waals surface area (Å²) in [5.74, 6) is -1.37. The Morgan fingerprint density at radius 3 is 2.59 bits per heavy atom. The molecule has 1 aromatic carbocycles. The second-order valence-corrected chi connectivity index (χ2v) is 5.31. The molecule has 7 heteroatoms. The number of rotatable bonds is 7. The zero-order valence-electron chi connectivity index (χ0n) is 12.8. The van der Waals surface area contributed by atoms with Crippen LogP contribution in [0.5, 0.6) is 0 Å². The van der Waals surface area contributed by atoms with Crippen LogP contribution in [0.1, 0.15) is 24.2 Å². The first kappa shape index (κ1) is 18.0. The average molecular weight is 324 g/mol. The van der Waals surface area contributed by atoms with Crippen LogP contribution in [0.4, 0.5) is 0 Å². The van der Waals surface area contributed by atoms with Crippen LogP contribution in [-0.4, -0.2) is 43.2 Å². The van der Waals surface area contributed by atoms with Crippen molar-refractivity contribution in [3.63, 3.8) is 0 Å². The molecule has 0 saturated carbocycles. The minimum Gasteiger partial charge on any atom is -0.452 e. The van der Waals surface area contributed by atoms with Crippen molar-refractivity contribution in [2.45, 2.75) is 24.8 Å². The van der Waals surface area contributed by atoms with Gasteiger partial charge in [-0.1, -0.05) is 12.1 Å². The molecular formula is C15H20N2O4S. The number of carbonyl (C=O) groups excluding carboxylic acids is 3. The van der Waals surface area contributed by atoms with Crippen LogP contribution in [0, 0.1) is 0 Å². The van der Waals surface area contributed by atoms with E-state index in [-0.39, 0.29) is 5.91 Å². The predicted octanol–water partition coefficient (Wildman–Crippen LogP) is 1.21. The molecule has 22 heavy (non-hydrogen) atoms. The van der Waals surface area contributed by atoms with E-state index in [1.54, 1.807) is 32.0 Å². The van der Waals surface area contributed by atoms with Gasteiger partial charge in [0.25, 0.3) is 5.91 Å². The normalized spacial score (nSPS) is 11.4. The molecule has 0 aliphatic rings. The average Bonchev–Trinajstić information content (AvgIpc) is 2.52. The van der Waals surface area contributed by atoms with E-state index in [9.17, 15) is 14.4 Å². The molecule has 2 N–H and O–H groups in total. The number of nitrogens with one attached hydrogen (secondary N) is 2. The summed E-state index contributed by atoms with van der Waals surface area (Å²) in [5.41, 5.74) is 0.416. The Morgan fingerprint density at radius 2 is 1.95 bits per heavy atom. The number of ether oxygens (including phenoxy) is 1. The number of likely N-dealkylation sites (N-methyl/N-ethyl adjacent to an activating group) is 1. The highest BCUT2D eigenvalue weighted by molar-refractivity contribution is 7.98. The summed E-state index contributed by atoms with van der Waals surface area (Å²) in [4.78, 5) is 35.9. The Labute approximate surface area is 134 Å². The van der Waals surface area contributed by atoms with Crippen LogP contribution in [0.2, 0.25) is 0 Å². The Kier molecular flexibility index (Phi) is 7.45. The van der Waals surface area contributed by atoms with Crippen molar-refractivity contribution in [3.05, 3.63) is 29.8 Å². The van der Waals surface area contributed by atoms with E-state index >= 15 is 0 Å². The summed E-state index contributed by atoms with van der Waals surface area (Å²) in [7, 11) is 0. The van der Waals surface area contributed by atoms with Gasteiger partial charge in [0.15, 0.2) is 6.61 Å². The molecule has 1 aromatic rings. The van der Waals surface area contributed by atoms with Crippen LogP contribution in [0.25, 0.3) is 0 Å². The molecule has 120 valence electrons. The summed E-state index contributed by atoms with van der Waals surface area (Å²) in [6, 6.07) is 6.32. The van der Waals surface area contributed by atoms with E-state index in [4.69, 9.17) is 4.74 Å². The number of esters is 1. The third kappa shape index (κ3) is 5.40. The topological polar surface area (TPSA) is 84.5 Å². The van der Waals surface area contributed by atoms with Crippen LogP contribution in [0.3, 0.4) is 0 Å². The van der Waals surface area contributed by atoms with Gasteiger partial charge in [0.2, 0.25) is 5.91 Å². The summed E-state index contributed by atoms with van der Waals surface area (Å²) in [6.45, 7) is 3.41. The largest absolute Gasteiger partial charge is 0.452 e. The van der Waals surface area contributed by atoms with Gasteiger partial charge in [0, 0.05) is 11.4 Å². The molecule has 0 aliphatic heterocycles. The van der Waals surface area contributed by atoms with Crippen molar-refractivity contribution in [1.82, 2.24) is 10.6 Å². The lowest BCUT2D eigenvalue weighted by atomic mass is 10.2. The van der Waals surface area contributed by atoms with E-state index in [1.807, 2.05) is 12.3 Å². The predicted molar refractivity (Wildman–Crippen MR) is 84.8 cm³/mol. The maximum absolute atomic E-state index is 12.0. The lowest BCUT2D eigenvalue weighted by Crippen LogP contribution is -2.46. The number of benzene rings is 1. The molecule has 6 nitrogen and oxygen atoms in total. The van der Waals surface area contributed by atoms with Crippen molar-refractivity contribution < 1.29 is 19.1 Å². The van der Waals surface area contributed by atoms with E-state index < -0.39 is 24.5 Å². The minimum atomic E-state index is -0.676. The number of amides is 2. The number of hydrogen-bond acceptors (Lipinski definition) is 5. The first-order valence-electron chi connectivity index (χ1n) is 6.86. The summed E-state index contributed by atoms with van der Waals surface area (Å²) in [5, 5.41) is 5.06. The molecule has 0 bridgehead atoms. The van der Waals surface area contributed by atoms with Gasteiger partial charge in [0.05, 0.1) is 5.56 Å². The van der Waals surface area contributed by atoms with Crippen molar-refractivity contribution in [2.24, 2.45) is 0 Å². The lowest BCUT2D eigenvalue weighted by molar-refractivity contribution is -0.130. The second-order valence-electron chi connectivity index (χ2n) is 4.46. The minimum absolute atomic E-state index is 0.282. The number of hydrogen-bond donors (Lipinski definition) is 2. The fourth-order valence-corrected chi connectivity index (χ4v) is 2.28. The fraction of sp³-hybridized carbons (Fsp3) is 0.400. The van der Waals surface area contributed by atoms with Gasteiger partial charge in [-0.2, -0.15) is 0 Å². The lowest BCUT2D eigenvalue weighted by Gasteiger charge is -2.13. The highest BCUT2D eigenvalue weighted by Crippen LogP contribution is 2.20. The Morgan fingerprint density at radius 1 is 1.27 bits per heavy atom. The maximum atomic E-state index is 12.0. The van der Waals surface area contributed by atoms with Crippen LogP contribution in [0.15, 0.2) is 29.2 Å². The first-order chi connectivity index (χ1) is 10.5. The van der Waals surface area contributed by atoms with E-state index in [1.165, 1.54) is 11.8 Å². The molecule has 0 radical (unpaired) electrons. The van der Waals surface area contributed by atoms with Gasteiger partial charge in [-0.3, -0.25) is 9.59 Å². The van der Waals surface area contributed by atoms with Gasteiger partial charge >= 0.3 is 5.97 Å². The third-order valence-electron chi connectivity index (χ3n) is 2.78. The van der Waals surface area contributed by atoms with Crippen LogP contribution in [-0.2, 0) is 14.3 Å². The molecule has 1 rings (SSSR count). The summed E-state index contributed by atoms with van der Waals surface area (Å²) in [6.07, 6.45) is 1.85. The molecular weight excluding hydrogens is 304 g/mol. The first-order valence-corrected chi connectivity index (χ1v) is 8.09. The summed E-state index contributed by atoms with van der Waals surface area (Å²) >= 11 is 1.42. The van der Waals surface area contributed by atoms with Gasteiger partial charge in [0.1, 0.15) is 6.04 Å². The van der Waals surface area contributed by atoms with E-state index in [2.05, 4.69) is 10.6 Å². The van der Waals surface area contributed by atoms with Crippen LogP contribution >= 0.6 is 11.8 Å². The Balaban J connectivity index is 2.50. The number of thioether (sulfide) groups is 1. The Hall–Kier alpha value is -2.02.